The lowest BCUT2D eigenvalue weighted by atomic mass is 10.2. The standard InChI is InChI=1S/C13H13Br2N3O/c1-2-3-9-7-12(18-17-9)16-13(19)10-5-4-8(14)6-11(10)15/h4-7H,2-3H2,1H3,(H2,16,17,18,19). The second-order valence-corrected chi connectivity index (χ2v) is 5.88. The topological polar surface area (TPSA) is 57.8 Å². The molecule has 0 saturated carbocycles. The number of aromatic nitrogens is 2. The highest BCUT2D eigenvalue weighted by Gasteiger charge is 2.12. The summed E-state index contributed by atoms with van der Waals surface area (Å²) in [7, 11) is 0. The van der Waals surface area contributed by atoms with Crippen molar-refractivity contribution >= 4 is 43.6 Å². The molecule has 0 saturated heterocycles. The fourth-order valence-corrected chi connectivity index (χ4v) is 2.91. The van der Waals surface area contributed by atoms with Crippen molar-refractivity contribution in [3.63, 3.8) is 0 Å². The lowest BCUT2D eigenvalue weighted by Crippen LogP contribution is -2.12. The molecule has 2 rings (SSSR count). The van der Waals surface area contributed by atoms with Gasteiger partial charge in [0.05, 0.1) is 5.56 Å². The summed E-state index contributed by atoms with van der Waals surface area (Å²) in [6.07, 6.45) is 1.96. The minimum atomic E-state index is -0.186. The summed E-state index contributed by atoms with van der Waals surface area (Å²) < 4.78 is 1.66. The lowest BCUT2D eigenvalue weighted by Gasteiger charge is -2.04. The number of nitrogens with one attached hydrogen (secondary N) is 2. The molecule has 2 aromatic rings. The van der Waals surface area contributed by atoms with Gasteiger partial charge >= 0.3 is 0 Å². The molecular weight excluding hydrogens is 374 g/mol. The average Bonchev–Trinajstić information content (AvgIpc) is 2.76. The van der Waals surface area contributed by atoms with E-state index < -0.39 is 0 Å². The summed E-state index contributed by atoms with van der Waals surface area (Å²) >= 11 is 6.73. The predicted octanol–water partition coefficient (Wildman–Crippen LogP) is 4.14. The summed E-state index contributed by atoms with van der Waals surface area (Å²) in [5.74, 6) is 0.359. The predicted molar refractivity (Wildman–Crippen MR) is 82.4 cm³/mol. The van der Waals surface area contributed by atoms with E-state index in [0.717, 1.165) is 27.5 Å². The number of amides is 1. The van der Waals surface area contributed by atoms with Crippen molar-refractivity contribution in [1.29, 1.82) is 0 Å². The van der Waals surface area contributed by atoms with Crippen LogP contribution in [0.25, 0.3) is 0 Å². The number of aromatic amines is 1. The number of hydrogen-bond acceptors (Lipinski definition) is 2. The van der Waals surface area contributed by atoms with Crippen LogP contribution in [-0.2, 0) is 6.42 Å². The number of H-pyrrole nitrogens is 1. The van der Waals surface area contributed by atoms with Gasteiger partial charge in [0, 0.05) is 20.7 Å². The van der Waals surface area contributed by atoms with Crippen molar-refractivity contribution in [2.45, 2.75) is 19.8 Å². The normalized spacial score (nSPS) is 10.5. The number of carbonyl (C=O) groups is 1. The third-order valence-corrected chi connectivity index (χ3v) is 3.72. The maximum atomic E-state index is 12.1. The Kier molecular flexibility index (Phi) is 4.76. The number of benzene rings is 1. The molecule has 0 fully saturated rings. The molecule has 0 atom stereocenters. The van der Waals surface area contributed by atoms with Crippen LogP contribution in [0.4, 0.5) is 5.82 Å². The molecule has 0 aliphatic heterocycles. The van der Waals surface area contributed by atoms with Crippen LogP contribution in [0.5, 0.6) is 0 Å². The van der Waals surface area contributed by atoms with Gasteiger partial charge in [-0.05, 0) is 40.5 Å². The lowest BCUT2D eigenvalue weighted by molar-refractivity contribution is 0.102. The molecule has 0 aliphatic rings. The zero-order valence-corrected chi connectivity index (χ0v) is 13.5. The van der Waals surface area contributed by atoms with E-state index in [1.165, 1.54) is 0 Å². The fourth-order valence-electron chi connectivity index (χ4n) is 1.68. The average molecular weight is 387 g/mol. The maximum absolute atomic E-state index is 12.1. The first-order valence-electron chi connectivity index (χ1n) is 5.91. The van der Waals surface area contributed by atoms with Crippen LogP contribution in [0.2, 0.25) is 0 Å². The Balaban J connectivity index is 2.11. The second-order valence-electron chi connectivity index (χ2n) is 4.11. The third kappa shape index (κ3) is 3.67. The van der Waals surface area contributed by atoms with E-state index in [1.807, 2.05) is 18.2 Å². The van der Waals surface area contributed by atoms with Gasteiger partial charge in [-0.3, -0.25) is 9.89 Å². The van der Waals surface area contributed by atoms with Crippen LogP contribution >= 0.6 is 31.9 Å². The number of rotatable bonds is 4. The Morgan fingerprint density at radius 3 is 2.84 bits per heavy atom. The zero-order valence-electron chi connectivity index (χ0n) is 10.3. The summed E-state index contributed by atoms with van der Waals surface area (Å²) in [4.78, 5) is 12.1. The van der Waals surface area contributed by atoms with E-state index in [9.17, 15) is 4.79 Å². The van der Waals surface area contributed by atoms with Crippen LogP contribution in [0.15, 0.2) is 33.2 Å². The van der Waals surface area contributed by atoms with Gasteiger partial charge in [-0.1, -0.05) is 29.3 Å². The molecule has 0 aliphatic carbocycles. The smallest absolute Gasteiger partial charge is 0.258 e. The molecule has 1 amide bonds. The van der Waals surface area contributed by atoms with Crippen molar-refractivity contribution in [2.75, 3.05) is 5.32 Å². The van der Waals surface area contributed by atoms with E-state index in [0.29, 0.717) is 11.4 Å². The Bertz CT molecular complexity index is 595. The number of hydrogen-bond donors (Lipinski definition) is 2. The molecule has 1 aromatic carbocycles. The molecular formula is C13H13Br2N3O. The van der Waals surface area contributed by atoms with Crippen molar-refractivity contribution in [3.05, 3.63) is 44.5 Å². The van der Waals surface area contributed by atoms with Crippen LogP contribution in [0.3, 0.4) is 0 Å². The largest absolute Gasteiger partial charge is 0.305 e. The van der Waals surface area contributed by atoms with Crippen molar-refractivity contribution in [1.82, 2.24) is 10.2 Å². The highest BCUT2D eigenvalue weighted by molar-refractivity contribution is 9.11. The molecule has 0 radical (unpaired) electrons. The van der Waals surface area contributed by atoms with Crippen LogP contribution in [0, 0.1) is 0 Å². The Morgan fingerprint density at radius 1 is 1.37 bits per heavy atom. The van der Waals surface area contributed by atoms with Crippen LogP contribution in [-0.4, -0.2) is 16.1 Å². The highest BCUT2D eigenvalue weighted by atomic mass is 79.9. The van der Waals surface area contributed by atoms with Gasteiger partial charge in [0.15, 0.2) is 5.82 Å². The second kappa shape index (κ2) is 6.34. The molecule has 2 N–H and O–H groups in total. The molecule has 1 heterocycles. The minimum absolute atomic E-state index is 0.186. The number of halogens is 2. The van der Waals surface area contributed by atoms with Crippen LogP contribution < -0.4 is 5.32 Å². The zero-order chi connectivity index (χ0) is 13.8. The summed E-state index contributed by atoms with van der Waals surface area (Å²) in [6.45, 7) is 2.10. The van der Waals surface area contributed by atoms with Gasteiger partial charge in [-0.25, -0.2) is 0 Å². The SMILES string of the molecule is CCCc1cc(NC(=O)c2ccc(Br)cc2Br)n[nH]1. The molecule has 0 unspecified atom stereocenters. The molecule has 19 heavy (non-hydrogen) atoms. The van der Waals surface area contributed by atoms with Gasteiger partial charge in [0.1, 0.15) is 0 Å². The minimum Gasteiger partial charge on any atom is -0.305 e. The third-order valence-electron chi connectivity index (χ3n) is 2.57. The molecule has 100 valence electrons. The van der Waals surface area contributed by atoms with E-state index in [2.05, 4.69) is 54.3 Å². The Hall–Kier alpha value is -1.14. The Labute approximate surface area is 128 Å². The number of carbonyl (C=O) groups excluding carboxylic acids is 1. The van der Waals surface area contributed by atoms with Gasteiger partial charge in [-0.2, -0.15) is 5.10 Å². The quantitative estimate of drug-likeness (QED) is 0.829. The summed E-state index contributed by atoms with van der Waals surface area (Å²) in [5, 5.41) is 9.74. The van der Waals surface area contributed by atoms with E-state index >= 15 is 0 Å². The molecule has 4 nitrogen and oxygen atoms in total. The van der Waals surface area contributed by atoms with E-state index in [4.69, 9.17) is 0 Å². The molecule has 0 spiro atoms. The van der Waals surface area contributed by atoms with E-state index in [-0.39, 0.29) is 5.91 Å². The number of nitrogens with zero attached hydrogens (tertiary/aromatic N) is 1. The molecule has 0 bridgehead atoms. The fraction of sp³-hybridized carbons (Fsp3) is 0.231. The Morgan fingerprint density at radius 2 is 2.16 bits per heavy atom. The first-order chi connectivity index (χ1) is 9.10. The first-order valence-corrected chi connectivity index (χ1v) is 7.49. The molecule has 6 heteroatoms. The van der Waals surface area contributed by atoms with Gasteiger partial charge < -0.3 is 5.32 Å². The van der Waals surface area contributed by atoms with Gasteiger partial charge in [0.2, 0.25) is 0 Å². The van der Waals surface area contributed by atoms with Gasteiger partial charge in [-0.15, -0.1) is 0 Å². The summed E-state index contributed by atoms with van der Waals surface area (Å²) in [5.41, 5.74) is 1.59. The molecule has 1 aromatic heterocycles. The monoisotopic (exact) mass is 385 g/mol. The van der Waals surface area contributed by atoms with Crippen LogP contribution in [0.1, 0.15) is 29.4 Å². The summed E-state index contributed by atoms with van der Waals surface area (Å²) in [6, 6.07) is 7.27. The van der Waals surface area contributed by atoms with Crippen molar-refractivity contribution < 1.29 is 4.79 Å². The maximum Gasteiger partial charge on any atom is 0.258 e. The van der Waals surface area contributed by atoms with Crippen molar-refractivity contribution in [3.8, 4) is 0 Å². The number of anilines is 1. The first kappa shape index (κ1) is 14.3. The van der Waals surface area contributed by atoms with Gasteiger partial charge in [0.25, 0.3) is 5.91 Å². The van der Waals surface area contributed by atoms with Crippen molar-refractivity contribution in [2.24, 2.45) is 0 Å². The van der Waals surface area contributed by atoms with E-state index in [1.54, 1.807) is 6.07 Å². The highest BCUT2D eigenvalue weighted by Crippen LogP contribution is 2.22. The number of aryl methyl sites for hydroxylation is 1.